The summed E-state index contributed by atoms with van der Waals surface area (Å²) in [7, 11) is 1.69. The van der Waals surface area contributed by atoms with Crippen LogP contribution in [-0.4, -0.2) is 63.4 Å². The van der Waals surface area contributed by atoms with Crippen LogP contribution in [0.15, 0.2) is 0 Å². The highest BCUT2D eigenvalue weighted by Crippen LogP contribution is 2.18. The van der Waals surface area contributed by atoms with E-state index in [1.165, 1.54) is 12.8 Å². The molecule has 1 unspecified atom stereocenters. The van der Waals surface area contributed by atoms with Gasteiger partial charge in [0, 0.05) is 45.4 Å². The van der Waals surface area contributed by atoms with Crippen LogP contribution in [0.4, 0.5) is 0 Å². The van der Waals surface area contributed by atoms with E-state index in [-0.39, 0.29) is 11.8 Å². The summed E-state index contributed by atoms with van der Waals surface area (Å²) in [5, 5.41) is 3.46. The van der Waals surface area contributed by atoms with Gasteiger partial charge >= 0.3 is 0 Å². The molecule has 2 heterocycles. The fraction of sp³-hybridized carbons (Fsp3) is 0.929. The first kappa shape index (κ1) is 14.8. The van der Waals surface area contributed by atoms with Gasteiger partial charge in [0.25, 0.3) is 0 Å². The summed E-state index contributed by atoms with van der Waals surface area (Å²) in [6.45, 7) is 4.65. The number of ether oxygens (including phenoxy) is 2. The Morgan fingerprint density at radius 3 is 2.79 bits per heavy atom. The average molecular weight is 270 g/mol. The lowest BCUT2D eigenvalue weighted by Crippen LogP contribution is -2.46. The molecular formula is C14H26N2O3. The number of amides is 1. The van der Waals surface area contributed by atoms with Crippen LogP contribution >= 0.6 is 0 Å². The summed E-state index contributed by atoms with van der Waals surface area (Å²) in [5.74, 6) is 0.432. The van der Waals surface area contributed by atoms with Gasteiger partial charge in [-0.1, -0.05) is 0 Å². The molecule has 0 saturated carbocycles. The van der Waals surface area contributed by atoms with Crippen LogP contribution in [0.1, 0.15) is 25.7 Å². The van der Waals surface area contributed by atoms with Crippen molar-refractivity contribution in [2.45, 2.75) is 31.7 Å². The number of hydrogen-bond acceptors (Lipinski definition) is 4. The van der Waals surface area contributed by atoms with Gasteiger partial charge < -0.3 is 19.7 Å². The average Bonchev–Trinajstić information content (AvgIpc) is 2.96. The second kappa shape index (κ2) is 7.82. The molecule has 0 radical (unpaired) electrons. The third kappa shape index (κ3) is 4.44. The number of methoxy groups -OCH3 is 1. The first-order valence-electron chi connectivity index (χ1n) is 7.40. The largest absolute Gasteiger partial charge is 0.383 e. The molecule has 0 bridgehead atoms. The highest BCUT2D eigenvalue weighted by Gasteiger charge is 2.28. The van der Waals surface area contributed by atoms with Crippen molar-refractivity contribution < 1.29 is 14.3 Å². The van der Waals surface area contributed by atoms with Crippen molar-refractivity contribution >= 4 is 5.91 Å². The molecule has 2 rings (SSSR count). The smallest absolute Gasteiger partial charge is 0.225 e. The minimum Gasteiger partial charge on any atom is -0.383 e. The molecule has 1 atom stereocenters. The van der Waals surface area contributed by atoms with Crippen LogP contribution in [0.2, 0.25) is 0 Å². The van der Waals surface area contributed by atoms with Crippen LogP contribution in [0.5, 0.6) is 0 Å². The third-order valence-corrected chi connectivity index (χ3v) is 4.05. The van der Waals surface area contributed by atoms with Gasteiger partial charge in [-0.3, -0.25) is 4.79 Å². The number of nitrogens with zero attached hydrogens (tertiary/aromatic N) is 1. The Labute approximate surface area is 115 Å². The molecule has 2 saturated heterocycles. The van der Waals surface area contributed by atoms with Gasteiger partial charge in [-0.15, -0.1) is 0 Å². The first-order chi connectivity index (χ1) is 9.31. The fourth-order valence-corrected chi connectivity index (χ4v) is 2.87. The quantitative estimate of drug-likeness (QED) is 0.769. The molecular weight excluding hydrogens is 244 g/mol. The molecule has 1 amide bonds. The van der Waals surface area contributed by atoms with Gasteiger partial charge in [-0.25, -0.2) is 0 Å². The van der Waals surface area contributed by atoms with E-state index in [2.05, 4.69) is 5.32 Å². The maximum Gasteiger partial charge on any atom is 0.225 e. The second-order valence-electron chi connectivity index (χ2n) is 5.46. The molecule has 0 aromatic carbocycles. The molecule has 0 aromatic heterocycles. The topological polar surface area (TPSA) is 50.8 Å². The zero-order valence-electron chi connectivity index (χ0n) is 11.9. The minimum atomic E-state index is 0.145. The molecule has 2 aliphatic heterocycles. The number of rotatable bonds is 6. The van der Waals surface area contributed by atoms with Crippen molar-refractivity contribution in [2.75, 3.05) is 46.6 Å². The lowest BCUT2D eigenvalue weighted by atomic mass is 9.98. The van der Waals surface area contributed by atoms with Crippen LogP contribution < -0.4 is 5.32 Å². The van der Waals surface area contributed by atoms with Crippen molar-refractivity contribution in [1.29, 1.82) is 0 Å². The summed E-state index contributed by atoms with van der Waals surface area (Å²) < 4.78 is 10.5. The summed E-state index contributed by atoms with van der Waals surface area (Å²) in [5.41, 5.74) is 0. The Balaban J connectivity index is 1.88. The van der Waals surface area contributed by atoms with Crippen molar-refractivity contribution in [3.05, 3.63) is 0 Å². The second-order valence-corrected chi connectivity index (χ2v) is 5.46. The molecule has 0 aliphatic carbocycles. The van der Waals surface area contributed by atoms with Crippen LogP contribution in [0.3, 0.4) is 0 Å². The number of hydrogen-bond donors (Lipinski definition) is 1. The zero-order chi connectivity index (χ0) is 13.5. The Morgan fingerprint density at radius 1 is 1.37 bits per heavy atom. The molecule has 1 N–H and O–H groups in total. The molecule has 110 valence electrons. The standard InChI is InChI=1S/C14H26N2O3/c1-18-10-7-16(11-13-3-2-6-15-13)14(17)12-4-8-19-9-5-12/h12-13,15H,2-11H2,1H3. The molecule has 0 spiro atoms. The van der Waals surface area contributed by atoms with Gasteiger partial charge in [0.15, 0.2) is 0 Å². The van der Waals surface area contributed by atoms with Crippen molar-refractivity contribution in [3.63, 3.8) is 0 Å². The molecule has 5 nitrogen and oxygen atoms in total. The van der Waals surface area contributed by atoms with Crippen molar-refractivity contribution in [1.82, 2.24) is 10.2 Å². The van der Waals surface area contributed by atoms with E-state index in [1.807, 2.05) is 4.90 Å². The van der Waals surface area contributed by atoms with E-state index in [0.717, 1.165) is 39.1 Å². The van der Waals surface area contributed by atoms with Gasteiger partial charge in [-0.05, 0) is 32.2 Å². The molecule has 0 aromatic rings. The summed E-state index contributed by atoms with van der Waals surface area (Å²) in [6.07, 6.45) is 4.11. The predicted octanol–water partition coefficient (Wildman–Crippen LogP) is 0.640. The van der Waals surface area contributed by atoms with E-state index in [1.54, 1.807) is 7.11 Å². The van der Waals surface area contributed by atoms with Crippen molar-refractivity contribution in [2.24, 2.45) is 5.92 Å². The lowest BCUT2D eigenvalue weighted by molar-refractivity contribution is -0.139. The molecule has 5 heteroatoms. The Morgan fingerprint density at radius 2 is 2.16 bits per heavy atom. The van der Waals surface area contributed by atoms with E-state index in [4.69, 9.17) is 9.47 Å². The summed E-state index contributed by atoms with van der Waals surface area (Å²) >= 11 is 0. The maximum atomic E-state index is 12.6. The number of carbonyl (C=O) groups excluding carboxylic acids is 1. The van der Waals surface area contributed by atoms with Gasteiger partial charge in [0.2, 0.25) is 5.91 Å². The van der Waals surface area contributed by atoms with Gasteiger partial charge in [-0.2, -0.15) is 0 Å². The minimum absolute atomic E-state index is 0.145. The predicted molar refractivity (Wildman–Crippen MR) is 73.0 cm³/mol. The monoisotopic (exact) mass is 270 g/mol. The zero-order valence-corrected chi connectivity index (χ0v) is 11.9. The SMILES string of the molecule is COCCN(CC1CCCN1)C(=O)C1CCOCC1. The third-order valence-electron chi connectivity index (χ3n) is 4.05. The summed E-state index contributed by atoms with van der Waals surface area (Å²) in [6, 6.07) is 0.459. The normalized spacial score (nSPS) is 24.6. The first-order valence-corrected chi connectivity index (χ1v) is 7.40. The van der Waals surface area contributed by atoms with Crippen LogP contribution in [-0.2, 0) is 14.3 Å². The number of carbonyl (C=O) groups is 1. The Kier molecular flexibility index (Phi) is 6.07. The van der Waals surface area contributed by atoms with Crippen LogP contribution in [0.25, 0.3) is 0 Å². The molecule has 2 fully saturated rings. The van der Waals surface area contributed by atoms with Gasteiger partial charge in [0.1, 0.15) is 0 Å². The van der Waals surface area contributed by atoms with E-state index >= 15 is 0 Å². The van der Waals surface area contributed by atoms with Crippen molar-refractivity contribution in [3.8, 4) is 0 Å². The Hall–Kier alpha value is -0.650. The molecule has 19 heavy (non-hydrogen) atoms. The van der Waals surface area contributed by atoms with E-state index < -0.39 is 0 Å². The highest BCUT2D eigenvalue weighted by molar-refractivity contribution is 5.79. The lowest BCUT2D eigenvalue weighted by Gasteiger charge is -2.31. The van der Waals surface area contributed by atoms with E-state index in [0.29, 0.717) is 19.2 Å². The number of nitrogens with one attached hydrogen (secondary N) is 1. The van der Waals surface area contributed by atoms with Gasteiger partial charge in [0.05, 0.1) is 6.61 Å². The fourth-order valence-electron chi connectivity index (χ4n) is 2.87. The highest BCUT2D eigenvalue weighted by atomic mass is 16.5. The Bertz CT molecular complexity index is 274. The maximum absolute atomic E-state index is 12.6. The molecule has 2 aliphatic rings. The van der Waals surface area contributed by atoms with E-state index in [9.17, 15) is 4.79 Å². The van der Waals surface area contributed by atoms with Crippen LogP contribution in [0, 0.1) is 5.92 Å². The summed E-state index contributed by atoms with van der Waals surface area (Å²) in [4.78, 5) is 14.6.